The van der Waals surface area contributed by atoms with E-state index in [1.165, 1.54) is 7.11 Å². The van der Waals surface area contributed by atoms with E-state index in [0.717, 1.165) is 23.5 Å². The number of methoxy groups -OCH3 is 2. The Kier molecular flexibility index (Phi) is 4.82. The summed E-state index contributed by atoms with van der Waals surface area (Å²) in [4.78, 5) is 13.5. The predicted molar refractivity (Wildman–Crippen MR) is 82.9 cm³/mol. The van der Waals surface area contributed by atoms with Gasteiger partial charge in [-0.15, -0.1) is 0 Å². The van der Waals surface area contributed by atoms with Gasteiger partial charge in [0.25, 0.3) is 0 Å². The van der Waals surface area contributed by atoms with Crippen LogP contribution in [0.25, 0.3) is 0 Å². The summed E-state index contributed by atoms with van der Waals surface area (Å²) in [5.41, 5.74) is 2.75. The second-order valence-corrected chi connectivity index (χ2v) is 4.75. The Bertz CT molecular complexity index is 608. The van der Waals surface area contributed by atoms with Crippen LogP contribution in [0.5, 0.6) is 5.75 Å². The van der Waals surface area contributed by atoms with Crippen LogP contribution >= 0.6 is 0 Å². The van der Waals surface area contributed by atoms with E-state index in [2.05, 4.69) is 9.64 Å². The second kappa shape index (κ2) is 6.79. The van der Waals surface area contributed by atoms with E-state index in [1.807, 2.05) is 43.4 Å². The first-order chi connectivity index (χ1) is 10.1. The van der Waals surface area contributed by atoms with E-state index in [0.29, 0.717) is 5.56 Å². The van der Waals surface area contributed by atoms with E-state index >= 15 is 0 Å². The fraction of sp³-hybridized carbons (Fsp3) is 0.235. The first-order valence-corrected chi connectivity index (χ1v) is 6.66. The fourth-order valence-corrected chi connectivity index (χ4v) is 2.08. The molecule has 2 aromatic carbocycles. The summed E-state index contributed by atoms with van der Waals surface area (Å²) in [5, 5.41) is 0. The molecule has 0 aliphatic rings. The van der Waals surface area contributed by atoms with E-state index in [4.69, 9.17) is 4.74 Å². The molecule has 0 bridgehead atoms. The number of benzene rings is 2. The molecule has 0 saturated carbocycles. The monoisotopic (exact) mass is 285 g/mol. The topological polar surface area (TPSA) is 38.8 Å². The van der Waals surface area contributed by atoms with Crippen molar-refractivity contribution in [2.75, 3.05) is 26.2 Å². The van der Waals surface area contributed by atoms with Crippen LogP contribution in [0.2, 0.25) is 0 Å². The van der Waals surface area contributed by atoms with E-state index in [-0.39, 0.29) is 5.97 Å². The van der Waals surface area contributed by atoms with Gasteiger partial charge in [0.1, 0.15) is 5.75 Å². The van der Waals surface area contributed by atoms with Crippen molar-refractivity contribution < 1.29 is 14.3 Å². The number of carbonyl (C=O) groups is 1. The number of hydrogen-bond donors (Lipinski definition) is 0. The van der Waals surface area contributed by atoms with Gasteiger partial charge in [-0.05, 0) is 29.8 Å². The smallest absolute Gasteiger partial charge is 0.337 e. The van der Waals surface area contributed by atoms with Crippen LogP contribution in [0.4, 0.5) is 5.69 Å². The standard InChI is InChI=1S/C17H19NO3/c1-18(15-5-4-6-16(11-15)20-2)12-13-7-9-14(10-8-13)17(19)21-3/h4-11H,12H2,1-3H3. The second-order valence-electron chi connectivity index (χ2n) is 4.75. The zero-order valence-electron chi connectivity index (χ0n) is 12.5. The SMILES string of the molecule is COC(=O)c1ccc(CN(C)c2cccc(OC)c2)cc1. The highest BCUT2D eigenvalue weighted by atomic mass is 16.5. The van der Waals surface area contributed by atoms with Crippen LogP contribution in [-0.2, 0) is 11.3 Å². The molecule has 0 spiro atoms. The first-order valence-electron chi connectivity index (χ1n) is 6.66. The molecule has 0 amide bonds. The van der Waals surface area contributed by atoms with Gasteiger partial charge in [-0.25, -0.2) is 4.79 Å². The van der Waals surface area contributed by atoms with E-state index < -0.39 is 0 Å². The quantitative estimate of drug-likeness (QED) is 0.791. The largest absolute Gasteiger partial charge is 0.497 e. The summed E-state index contributed by atoms with van der Waals surface area (Å²) in [6, 6.07) is 15.3. The van der Waals surface area contributed by atoms with E-state index in [1.54, 1.807) is 19.2 Å². The Balaban J connectivity index is 2.08. The van der Waals surface area contributed by atoms with Gasteiger partial charge >= 0.3 is 5.97 Å². The molecule has 110 valence electrons. The average Bonchev–Trinajstić information content (AvgIpc) is 2.54. The van der Waals surface area contributed by atoms with Crippen molar-refractivity contribution in [3.05, 3.63) is 59.7 Å². The number of nitrogens with zero attached hydrogens (tertiary/aromatic N) is 1. The number of anilines is 1. The number of rotatable bonds is 5. The molecule has 21 heavy (non-hydrogen) atoms. The van der Waals surface area contributed by atoms with Crippen molar-refractivity contribution in [2.45, 2.75) is 6.54 Å². The predicted octanol–water partition coefficient (Wildman–Crippen LogP) is 3.12. The third-order valence-electron chi connectivity index (χ3n) is 3.29. The van der Waals surface area contributed by atoms with Crippen LogP contribution in [0.3, 0.4) is 0 Å². The van der Waals surface area contributed by atoms with E-state index in [9.17, 15) is 4.79 Å². The zero-order valence-corrected chi connectivity index (χ0v) is 12.5. The lowest BCUT2D eigenvalue weighted by Gasteiger charge is -2.20. The number of esters is 1. The van der Waals surface area contributed by atoms with Gasteiger partial charge < -0.3 is 14.4 Å². The molecule has 0 saturated heterocycles. The van der Waals surface area contributed by atoms with Crippen LogP contribution in [0.1, 0.15) is 15.9 Å². The van der Waals surface area contributed by atoms with Crippen molar-refractivity contribution in [2.24, 2.45) is 0 Å². The van der Waals surface area contributed by atoms with Gasteiger partial charge in [-0.2, -0.15) is 0 Å². The molecule has 0 unspecified atom stereocenters. The van der Waals surface area contributed by atoms with Crippen molar-refractivity contribution in [1.29, 1.82) is 0 Å². The first kappa shape index (κ1) is 14.9. The molecule has 0 fully saturated rings. The van der Waals surface area contributed by atoms with Crippen LogP contribution in [-0.4, -0.2) is 27.2 Å². The molecule has 2 aromatic rings. The van der Waals surface area contributed by atoms with Gasteiger partial charge in [0.05, 0.1) is 19.8 Å². The minimum absolute atomic E-state index is 0.317. The average molecular weight is 285 g/mol. The number of carbonyl (C=O) groups excluding carboxylic acids is 1. The van der Waals surface area contributed by atoms with Crippen molar-refractivity contribution in [3.8, 4) is 5.75 Å². The Morgan fingerprint density at radius 3 is 2.43 bits per heavy atom. The highest BCUT2D eigenvalue weighted by molar-refractivity contribution is 5.89. The zero-order chi connectivity index (χ0) is 15.2. The molecule has 0 aliphatic heterocycles. The highest BCUT2D eigenvalue weighted by Crippen LogP contribution is 2.21. The van der Waals surface area contributed by atoms with Crippen LogP contribution < -0.4 is 9.64 Å². The molecule has 0 N–H and O–H groups in total. The molecule has 4 heteroatoms. The lowest BCUT2D eigenvalue weighted by Crippen LogP contribution is -2.16. The summed E-state index contributed by atoms with van der Waals surface area (Å²) in [5.74, 6) is 0.517. The molecule has 0 aromatic heterocycles. The molecule has 4 nitrogen and oxygen atoms in total. The lowest BCUT2D eigenvalue weighted by atomic mass is 10.1. The maximum atomic E-state index is 11.4. The molecule has 0 aliphatic carbocycles. The van der Waals surface area contributed by atoms with Crippen molar-refractivity contribution >= 4 is 11.7 Å². The molecule has 0 heterocycles. The summed E-state index contributed by atoms with van der Waals surface area (Å²) in [7, 11) is 5.06. The molecular weight excluding hydrogens is 266 g/mol. The summed E-state index contributed by atoms with van der Waals surface area (Å²) < 4.78 is 9.92. The molecule has 0 radical (unpaired) electrons. The van der Waals surface area contributed by atoms with Gasteiger partial charge in [0.15, 0.2) is 0 Å². The maximum Gasteiger partial charge on any atom is 0.337 e. The number of hydrogen-bond acceptors (Lipinski definition) is 4. The van der Waals surface area contributed by atoms with Crippen LogP contribution in [0, 0.1) is 0 Å². The van der Waals surface area contributed by atoms with Gasteiger partial charge in [0.2, 0.25) is 0 Å². The summed E-state index contributed by atoms with van der Waals surface area (Å²) in [6.45, 7) is 0.745. The van der Waals surface area contributed by atoms with Gasteiger partial charge in [-0.3, -0.25) is 0 Å². The summed E-state index contributed by atoms with van der Waals surface area (Å²) in [6.07, 6.45) is 0. The Morgan fingerprint density at radius 2 is 1.81 bits per heavy atom. The minimum Gasteiger partial charge on any atom is -0.497 e. The third-order valence-corrected chi connectivity index (χ3v) is 3.29. The molecular formula is C17H19NO3. The molecule has 0 atom stereocenters. The third kappa shape index (κ3) is 3.75. The Labute approximate surface area is 124 Å². The highest BCUT2D eigenvalue weighted by Gasteiger charge is 2.06. The lowest BCUT2D eigenvalue weighted by molar-refractivity contribution is 0.0600. The Hall–Kier alpha value is -2.49. The van der Waals surface area contributed by atoms with Crippen LogP contribution in [0.15, 0.2) is 48.5 Å². The van der Waals surface area contributed by atoms with Crippen molar-refractivity contribution in [3.63, 3.8) is 0 Å². The normalized spacial score (nSPS) is 10.0. The minimum atomic E-state index is -0.317. The maximum absolute atomic E-state index is 11.4. The fourth-order valence-electron chi connectivity index (χ4n) is 2.08. The number of ether oxygens (including phenoxy) is 2. The van der Waals surface area contributed by atoms with Gasteiger partial charge in [-0.1, -0.05) is 18.2 Å². The Morgan fingerprint density at radius 1 is 1.10 bits per heavy atom. The molecule has 2 rings (SSSR count). The van der Waals surface area contributed by atoms with Gasteiger partial charge in [0, 0.05) is 25.3 Å². The van der Waals surface area contributed by atoms with Crippen molar-refractivity contribution in [1.82, 2.24) is 0 Å². The summed E-state index contributed by atoms with van der Waals surface area (Å²) >= 11 is 0.